The van der Waals surface area contributed by atoms with Crippen molar-refractivity contribution < 1.29 is 9.72 Å². The van der Waals surface area contributed by atoms with Gasteiger partial charge in [-0.15, -0.1) is 11.8 Å². The van der Waals surface area contributed by atoms with Crippen LogP contribution in [0.1, 0.15) is 6.42 Å². The summed E-state index contributed by atoms with van der Waals surface area (Å²) in [5.41, 5.74) is -0.292. The highest BCUT2D eigenvalue weighted by Crippen LogP contribution is 2.25. The zero-order chi connectivity index (χ0) is 12.0. The van der Waals surface area contributed by atoms with Crippen LogP contribution < -0.4 is 5.32 Å². The van der Waals surface area contributed by atoms with Crippen LogP contribution in [0.15, 0.2) is 10.7 Å². The van der Waals surface area contributed by atoms with Gasteiger partial charge in [0.2, 0.25) is 0 Å². The number of alkyl halides is 1. The van der Waals surface area contributed by atoms with Crippen LogP contribution >= 0.6 is 46.1 Å². The van der Waals surface area contributed by atoms with Crippen molar-refractivity contribution >= 4 is 51.2 Å². The third-order valence-corrected chi connectivity index (χ3v) is 5.01. The van der Waals surface area contributed by atoms with Crippen molar-refractivity contribution in [3.63, 3.8) is 0 Å². The number of nitro groups is 1. The normalized spacial score (nSPS) is 18.8. The fourth-order valence-corrected chi connectivity index (χ4v) is 3.40. The molecule has 0 bridgehead atoms. The molecule has 0 aromatic heterocycles. The van der Waals surface area contributed by atoms with Crippen LogP contribution in [0.2, 0.25) is 0 Å². The largest absolute Gasteiger partial charge is 0.374 e. The fourth-order valence-electron chi connectivity index (χ4n) is 1.10. The molecule has 1 aliphatic rings. The van der Waals surface area contributed by atoms with Gasteiger partial charge < -0.3 is 5.32 Å². The Hall–Kier alpha value is 0.0400. The maximum absolute atomic E-state index is 11.6. The molecule has 0 aromatic carbocycles. The first-order chi connectivity index (χ1) is 7.66. The van der Waals surface area contributed by atoms with Crippen LogP contribution in [0.4, 0.5) is 0 Å². The van der Waals surface area contributed by atoms with E-state index in [0.29, 0.717) is 17.3 Å². The molecule has 0 radical (unpaired) electrons. The number of nitrogens with one attached hydrogen (secondary N) is 1. The van der Waals surface area contributed by atoms with Gasteiger partial charge in [0.25, 0.3) is 5.12 Å². The molecule has 0 aliphatic carbocycles. The Morgan fingerprint density at radius 1 is 1.69 bits per heavy atom. The molecular weight excluding hydrogens is 363 g/mol. The summed E-state index contributed by atoms with van der Waals surface area (Å²) in [7, 11) is 0. The van der Waals surface area contributed by atoms with E-state index in [0.717, 1.165) is 28.4 Å². The molecule has 0 spiro atoms. The molecule has 1 N–H and O–H groups in total. The van der Waals surface area contributed by atoms with Crippen LogP contribution in [-0.2, 0) is 4.79 Å². The molecule has 16 heavy (non-hydrogen) atoms. The Kier molecular flexibility index (Phi) is 6.51. The SMILES string of the molecule is O=C(SCCI)/C(=C1/NCCCS1)[N+](=O)[O-]. The molecule has 0 saturated carbocycles. The number of carbonyl (C=O) groups is 1. The third kappa shape index (κ3) is 4.13. The van der Waals surface area contributed by atoms with Crippen LogP contribution in [0.25, 0.3) is 0 Å². The molecule has 8 heteroatoms. The minimum atomic E-state index is -0.580. The molecule has 1 saturated heterocycles. The van der Waals surface area contributed by atoms with E-state index in [9.17, 15) is 14.9 Å². The Morgan fingerprint density at radius 2 is 2.44 bits per heavy atom. The second-order valence-electron chi connectivity index (χ2n) is 2.89. The molecule has 90 valence electrons. The number of nitrogens with zero attached hydrogens (tertiary/aromatic N) is 1. The van der Waals surface area contributed by atoms with Gasteiger partial charge >= 0.3 is 5.70 Å². The Bertz CT molecular complexity index is 314. The van der Waals surface area contributed by atoms with Gasteiger partial charge in [0.15, 0.2) is 5.03 Å². The van der Waals surface area contributed by atoms with E-state index in [1.54, 1.807) is 0 Å². The molecule has 1 fully saturated rings. The molecule has 0 aromatic rings. The summed E-state index contributed by atoms with van der Waals surface area (Å²) in [5, 5.41) is 13.8. The zero-order valence-corrected chi connectivity index (χ0v) is 12.2. The molecule has 5 nitrogen and oxygen atoms in total. The van der Waals surface area contributed by atoms with Crippen LogP contribution in [0.5, 0.6) is 0 Å². The summed E-state index contributed by atoms with van der Waals surface area (Å²) < 4.78 is 0.801. The van der Waals surface area contributed by atoms with E-state index >= 15 is 0 Å². The van der Waals surface area contributed by atoms with E-state index in [-0.39, 0.29) is 5.70 Å². The molecule has 1 aliphatic heterocycles. The average Bonchev–Trinajstić information content (AvgIpc) is 2.27. The van der Waals surface area contributed by atoms with Crippen LogP contribution in [-0.4, -0.2) is 32.5 Å². The van der Waals surface area contributed by atoms with Crippen LogP contribution in [0.3, 0.4) is 0 Å². The lowest BCUT2D eigenvalue weighted by atomic mass is 10.4. The lowest BCUT2D eigenvalue weighted by Gasteiger charge is -2.15. The molecular formula is C8H11IN2O3S2. The highest BCUT2D eigenvalue weighted by atomic mass is 127. The highest BCUT2D eigenvalue weighted by Gasteiger charge is 2.29. The summed E-state index contributed by atoms with van der Waals surface area (Å²) in [6.07, 6.45) is 0.967. The lowest BCUT2D eigenvalue weighted by molar-refractivity contribution is -0.418. The second kappa shape index (κ2) is 7.38. The van der Waals surface area contributed by atoms with Crippen molar-refractivity contribution in [3.8, 4) is 0 Å². The summed E-state index contributed by atoms with van der Waals surface area (Å²) in [5.74, 6) is 1.43. The maximum Gasteiger partial charge on any atom is 0.352 e. The summed E-state index contributed by atoms with van der Waals surface area (Å²) in [6, 6.07) is 0. The number of hydrogen-bond acceptors (Lipinski definition) is 6. The number of halogens is 1. The van der Waals surface area contributed by atoms with E-state index in [1.165, 1.54) is 11.8 Å². The lowest BCUT2D eigenvalue weighted by Crippen LogP contribution is -2.24. The first-order valence-electron chi connectivity index (χ1n) is 4.65. The van der Waals surface area contributed by atoms with Crippen molar-refractivity contribution in [2.24, 2.45) is 0 Å². The van der Waals surface area contributed by atoms with Gasteiger partial charge in [0.05, 0.1) is 4.92 Å². The van der Waals surface area contributed by atoms with Crippen molar-refractivity contribution in [1.82, 2.24) is 5.32 Å². The predicted molar refractivity (Wildman–Crippen MR) is 75.5 cm³/mol. The minimum Gasteiger partial charge on any atom is -0.374 e. The van der Waals surface area contributed by atoms with E-state index < -0.39 is 10.0 Å². The summed E-state index contributed by atoms with van der Waals surface area (Å²) in [4.78, 5) is 21.9. The van der Waals surface area contributed by atoms with E-state index in [4.69, 9.17) is 0 Å². The molecule has 0 unspecified atom stereocenters. The van der Waals surface area contributed by atoms with Gasteiger partial charge in [-0.25, -0.2) is 0 Å². The van der Waals surface area contributed by atoms with Crippen molar-refractivity contribution in [2.75, 3.05) is 22.5 Å². The summed E-state index contributed by atoms with van der Waals surface area (Å²) in [6.45, 7) is 0.698. The van der Waals surface area contributed by atoms with Gasteiger partial charge in [0, 0.05) is 22.5 Å². The van der Waals surface area contributed by atoms with Crippen molar-refractivity contribution in [1.29, 1.82) is 0 Å². The van der Waals surface area contributed by atoms with Gasteiger partial charge in [-0.05, 0) is 6.42 Å². The molecule has 0 amide bonds. The number of hydrogen-bond donors (Lipinski definition) is 1. The van der Waals surface area contributed by atoms with Gasteiger partial charge in [-0.1, -0.05) is 34.4 Å². The quantitative estimate of drug-likeness (QED) is 0.266. The van der Waals surface area contributed by atoms with E-state index in [2.05, 4.69) is 27.9 Å². The monoisotopic (exact) mass is 374 g/mol. The van der Waals surface area contributed by atoms with E-state index in [1.807, 2.05) is 0 Å². The van der Waals surface area contributed by atoms with Gasteiger partial charge in [-0.2, -0.15) is 0 Å². The Morgan fingerprint density at radius 3 is 2.94 bits per heavy atom. The topological polar surface area (TPSA) is 72.2 Å². The Labute approximate surface area is 115 Å². The van der Waals surface area contributed by atoms with Crippen molar-refractivity contribution in [2.45, 2.75) is 6.42 Å². The third-order valence-electron chi connectivity index (χ3n) is 1.75. The van der Waals surface area contributed by atoms with Gasteiger partial charge in [-0.3, -0.25) is 14.9 Å². The first kappa shape index (κ1) is 14.1. The molecule has 1 heterocycles. The average molecular weight is 374 g/mol. The highest BCUT2D eigenvalue weighted by molar-refractivity contribution is 14.1. The minimum absolute atomic E-state index is 0.292. The Balaban J connectivity index is 2.80. The van der Waals surface area contributed by atoms with Gasteiger partial charge in [0.1, 0.15) is 0 Å². The van der Waals surface area contributed by atoms with Crippen molar-refractivity contribution in [3.05, 3.63) is 20.8 Å². The standard InChI is InChI=1S/C8H11IN2O3S2/c9-2-5-16-8(12)6(11(13)14)7-10-3-1-4-15-7/h10H,1-5H2/b7-6+. The zero-order valence-electron chi connectivity index (χ0n) is 8.40. The first-order valence-corrected chi connectivity index (χ1v) is 8.15. The van der Waals surface area contributed by atoms with Crippen LogP contribution in [0, 0.1) is 10.1 Å². The second-order valence-corrected chi connectivity index (χ2v) is 6.14. The molecule has 0 atom stereocenters. The number of thioether (sulfide) groups is 2. The number of carbonyl (C=O) groups excluding carboxylic acids is 1. The number of rotatable bonds is 4. The maximum atomic E-state index is 11.6. The molecule has 1 rings (SSSR count). The smallest absolute Gasteiger partial charge is 0.352 e. The summed E-state index contributed by atoms with van der Waals surface area (Å²) >= 11 is 4.50. The fraction of sp³-hybridized carbons (Fsp3) is 0.625. The predicted octanol–water partition coefficient (Wildman–Crippen LogP) is 1.85.